The number of alkyl carbamates (subject to hydrolysis) is 1. The molecule has 0 fully saturated rings. The van der Waals surface area contributed by atoms with Crippen molar-refractivity contribution in [2.24, 2.45) is 0 Å². The van der Waals surface area contributed by atoms with Crippen molar-refractivity contribution >= 4 is 23.7 Å². The van der Waals surface area contributed by atoms with Crippen molar-refractivity contribution in [3.8, 4) is 11.1 Å². The van der Waals surface area contributed by atoms with E-state index in [0.29, 0.717) is 11.4 Å². The Morgan fingerprint density at radius 3 is 2.03 bits per heavy atom. The molecule has 0 bridgehead atoms. The van der Waals surface area contributed by atoms with Crippen LogP contribution in [0, 0.1) is 0 Å². The van der Waals surface area contributed by atoms with E-state index < -0.39 is 18.1 Å². The molecule has 0 heterocycles. The van der Waals surface area contributed by atoms with Gasteiger partial charge in [-0.25, -0.2) is 9.59 Å². The van der Waals surface area contributed by atoms with Gasteiger partial charge >= 0.3 is 12.1 Å². The second kappa shape index (κ2) is 8.59. The highest BCUT2D eigenvalue weighted by Gasteiger charge is 2.30. The van der Waals surface area contributed by atoms with Gasteiger partial charge in [-0.3, -0.25) is 0 Å². The van der Waals surface area contributed by atoms with Crippen molar-refractivity contribution < 1.29 is 19.4 Å². The second-order valence-corrected chi connectivity index (χ2v) is 7.38. The van der Waals surface area contributed by atoms with E-state index in [4.69, 9.17) is 16.3 Å². The molecule has 1 aliphatic rings. The largest absolute Gasteiger partial charge is 0.479 e. The van der Waals surface area contributed by atoms with Gasteiger partial charge in [-0.15, -0.1) is 11.6 Å². The summed E-state index contributed by atoms with van der Waals surface area (Å²) in [5.74, 6) is -0.922. The van der Waals surface area contributed by atoms with Crippen molar-refractivity contribution in [3.63, 3.8) is 0 Å². The zero-order valence-electron chi connectivity index (χ0n) is 16.0. The molecule has 1 aliphatic carbocycles. The number of rotatable bonds is 6. The summed E-state index contributed by atoms with van der Waals surface area (Å²) < 4.78 is 5.45. The third-order valence-electron chi connectivity index (χ3n) is 5.32. The molecule has 0 aromatic heterocycles. The Bertz CT molecular complexity index is 1040. The highest BCUT2D eigenvalue weighted by molar-refractivity contribution is 6.17. The second-order valence-electron chi connectivity index (χ2n) is 7.12. The van der Waals surface area contributed by atoms with Crippen LogP contribution in [-0.4, -0.2) is 23.8 Å². The monoisotopic (exact) mass is 421 g/mol. The molecule has 1 atom stereocenters. The highest BCUT2D eigenvalue weighted by atomic mass is 35.5. The van der Waals surface area contributed by atoms with E-state index in [0.717, 1.165) is 27.8 Å². The molecule has 4 rings (SSSR count). The van der Waals surface area contributed by atoms with E-state index in [1.54, 1.807) is 24.3 Å². The summed E-state index contributed by atoms with van der Waals surface area (Å²) in [4.78, 5) is 24.1. The first-order valence-corrected chi connectivity index (χ1v) is 10.1. The van der Waals surface area contributed by atoms with Gasteiger partial charge in [0.15, 0.2) is 6.04 Å². The van der Waals surface area contributed by atoms with E-state index >= 15 is 0 Å². The molecular weight excluding hydrogens is 402 g/mol. The van der Waals surface area contributed by atoms with E-state index in [2.05, 4.69) is 17.4 Å². The minimum Gasteiger partial charge on any atom is -0.479 e. The van der Waals surface area contributed by atoms with Crippen LogP contribution in [0.15, 0.2) is 72.8 Å². The van der Waals surface area contributed by atoms with E-state index in [1.807, 2.05) is 36.4 Å². The number of hydrogen-bond acceptors (Lipinski definition) is 3. The van der Waals surface area contributed by atoms with E-state index in [9.17, 15) is 14.7 Å². The number of fused-ring (bicyclic) bond motifs is 3. The lowest BCUT2D eigenvalue weighted by Gasteiger charge is -2.18. The van der Waals surface area contributed by atoms with Crippen molar-refractivity contribution in [3.05, 3.63) is 95.1 Å². The van der Waals surface area contributed by atoms with Gasteiger partial charge < -0.3 is 15.2 Å². The number of hydrogen-bond donors (Lipinski definition) is 2. The molecule has 0 saturated carbocycles. The van der Waals surface area contributed by atoms with Gasteiger partial charge in [0.2, 0.25) is 0 Å². The number of carbonyl (C=O) groups is 2. The predicted molar refractivity (Wildman–Crippen MR) is 115 cm³/mol. The lowest BCUT2D eigenvalue weighted by Crippen LogP contribution is -2.34. The molecular formula is C24H20ClNO4. The number of amides is 1. The molecule has 3 aromatic carbocycles. The zero-order chi connectivity index (χ0) is 21.1. The molecule has 3 aromatic rings. The van der Waals surface area contributed by atoms with Crippen molar-refractivity contribution in [2.75, 3.05) is 6.61 Å². The minimum atomic E-state index is -1.20. The number of carboxylic acids is 1. The lowest BCUT2D eigenvalue weighted by atomic mass is 9.98. The molecule has 0 aliphatic heterocycles. The van der Waals surface area contributed by atoms with Crippen LogP contribution in [0.1, 0.15) is 34.2 Å². The van der Waals surface area contributed by atoms with Crippen molar-refractivity contribution in [2.45, 2.75) is 17.8 Å². The van der Waals surface area contributed by atoms with E-state index in [-0.39, 0.29) is 12.5 Å². The minimum absolute atomic E-state index is 0.0885. The van der Waals surface area contributed by atoms with E-state index in [1.165, 1.54) is 0 Å². The standard InChI is InChI=1S/C24H20ClNO4/c25-13-15-9-11-16(12-10-15)22(23(27)28)26-24(29)30-14-21-19-7-3-1-5-17(19)18-6-2-4-8-20(18)21/h1-12,21-22H,13-14H2,(H,26,29)(H,27,28). The molecule has 1 unspecified atom stereocenters. The van der Waals surface area contributed by atoms with Gasteiger partial charge in [-0.05, 0) is 33.4 Å². The maximum Gasteiger partial charge on any atom is 0.408 e. The number of carboxylic acid groups (broad SMARTS) is 1. The number of halogens is 1. The SMILES string of the molecule is O=C(NC(C(=O)O)c1ccc(CCl)cc1)OCC1c2ccccc2-c2ccccc21. The number of carbonyl (C=O) groups excluding carboxylic acids is 1. The maximum absolute atomic E-state index is 12.4. The third kappa shape index (κ3) is 3.89. The van der Waals surface area contributed by atoms with Crippen LogP contribution >= 0.6 is 11.6 Å². The quantitative estimate of drug-likeness (QED) is 0.543. The molecule has 5 nitrogen and oxygen atoms in total. The first-order valence-electron chi connectivity index (χ1n) is 9.57. The Morgan fingerprint density at radius 1 is 0.933 bits per heavy atom. The molecule has 0 saturated heterocycles. The number of ether oxygens (including phenoxy) is 1. The first-order chi connectivity index (χ1) is 14.6. The Kier molecular flexibility index (Phi) is 5.72. The lowest BCUT2D eigenvalue weighted by molar-refractivity contribution is -0.139. The van der Waals surface area contributed by atoms with Crippen LogP contribution in [0.25, 0.3) is 11.1 Å². The number of alkyl halides is 1. The number of aliphatic carboxylic acids is 1. The van der Waals surface area contributed by atoms with Gasteiger partial charge in [0.1, 0.15) is 6.61 Å². The van der Waals surface area contributed by atoms with Crippen LogP contribution in [-0.2, 0) is 15.4 Å². The summed E-state index contributed by atoms with van der Waals surface area (Å²) in [5.41, 5.74) is 5.77. The fraction of sp³-hybridized carbons (Fsp3) is 0.167. The first kappa shape index (κ1) is 20.0. The summed E-state index contributed by atoms with van der Waals surface area (Å²) >= 11 is 5.77. The Labute approximate surface area is 179 Å². The molecule has 152 valence electrons. The van der Waals surface area contributed by atoms with Gasteiger partial charge in [0.25, 0.3) is 0 Å². The molecule has 0 radical (unpaired) electrons. The summed E-state index contributed by atoms with van der Waals surface area (Å²) in [6.45, 7) is 0.122. The fourth-order valence-electron chi connectivity index (χ4n) is 3.84. The third-order valence-corrected chi connectivity index (χ3v) is 5.63. The molecule has 2 N–H and O–H groups in total. The summed E-state index contributed by atoms with van der Waals surface area (Å²) in [7, 11) is 0. The number of benzene rings is 3. The van der Waals surface area contributed by atoms with Crippen LogP contribution in [0.4, 0.5) is 4.79 Å². The predicted octanol–water partition coefficient (Wildman–Crippen LogP) is 5.09. The van der Waals surface area contributed by atoms with Crippen LogP contribution in [0.5, 0.6) is 0 Å². The average molecular weight is 422 g/mol. The van der Waals surface area contributed by atoms with Crippen LogP contribution in [0.2, 0.25) is 0 Å². The topological polar surface area (TPSA) is 75.6 Å². The Hall–Kier alpha value is -3.31. The highest BCUT2D eigenvalue weighted by Crippen LogP contribution is 2.44. The molecule has 6 heteroatoms. The number of nitrogens with one attached hydrogen (secondary N) is 1. The molecule has 1 amide bonds. The van der Waals surface area contributed by atoms with Gasteiger partial charge in [0.05, 0.1) is 0 Å². The van der Waals surface area contributed by atoms with Crippen LogP contribution in [0.3, 0.4) is 0 Å². The maximum atomic E-state index is 12.4. The summed E-state index contributed by atoms with van der Waals surface area (Å²) in [6, 6.07) is 21.6. The average Bonchev–Trinajstić information content (AvgIpc) is 3.10. The molecule has 0 spiro atoms. The van der Waals surface area contributed by atoms with Gasteiger partial charge in [-0.1, -0.05) is 72.8 Å². The van der Waals surface area contributed by atoms with Gasteiger partial charge in [0, 0.05) is 11.8 Å². The smallest absolute Gasteiger partial charge is 0.408 e. The normalized spacial score (nSPS) is 13.2. The van der Waals surface area contributed by atoms with Gasteiger partial charge in [-0.2, -0.15) is 0 Å². The Balaban J connectivity index is 1.47. The fourth-order valence-corrected chi connectivity index (χ4v) is 4.02. The summed E-state index contributed by atoms with van der Waals surface area (Å²) in [5, 5.41) is 12.0. The van der Waals surface area contributed by atoms with Crippen molar-refractivity contribution in [1.82, 2.24) is 5.32 Å². The zero-order valence-corrected chi connectivity index (χ0v) is 16.8. The van der Waals surface area contributed by atoms with Crippen molar-refractivity contribution in [1.29, 1.82) is 0 Å². The molecule has 30 heavy (non-hydrogen) atoms. The van der Waals surface area contributed by atoms with Crippen LogP contribution < -0.4 is 5.32 Å². The Morgan fingerprint density at radius 2 is 1.50 bits per heavy atom. The summed E-state index contributed by atoms with van der Waals surface area (Å²) in [6.07, 6.45) is -0.773.